The van der Waals surface area contributed by atoms with Crippen molar-refractivity contribution in [2.45, 2.75) is 0 Å². The summed E-state index contributed by atoms with van der Waals surface area (Å²) in [6.45, 7) is 0.375. The number of carbonyl (C=O) groups is 1. The van der Waals surface area contributed by atoms with Gasteiger partial charge in [-0.15, -0.1) is 0 Å². The van der Waals surface area contributed by atoms with Crippen LogP contribution >= 0.6 is 0 Å². The van der Waals surface area contributed by atoms with Crippen molar-refractivity contribution in [3.8, 4) is 0 Å². The first-order chi connectivity index (χ1) is 4.91. The SMILES string of the molecule is COC=O.F.F.F.F.F.c1ccccc1. The van der Waals surface area contributed by atoms with Crippen LogP contribution < -0.4 is 0 Å². The minimum Gasteiger partial charge on any atom is -0.471 e. The van der Waals surface area contributed by atoms with Gasteiger partial charge in [-0.1, -0.05) is 36.4 Å². The molecule has 0 atom stereocenters. The van der Waals surface area contributed by atoms with Gasteiger partial charge in [0.2, 0.25) is 0 Å². The number of rotatable bonds is 1. The van der Waals surface area contributed by atoms with Gasteiger partial charge in [0.05, 0.1) is 7.11 Å². The quantitative estimate of drug-likeness (QED) is 0.554. The molecule has 0 unspecified atom stereocenters. The molecule has 0 bridgehead atoms. The van der Waals surface area contributed by atoms with Crippen LogP contribution in [0.2, 0.25) is 0 Å². The summed E-state index contributed by atoms with van der Waals surface area (Å²) in [6, 6.07) is 12.0. The summed E-state index contributed by atoms with van der Waals surface area (Å²) in [5.41, 5.74) is 0. The lowest BCUT2D eigenvalue weighted by Gasteiger charge is -1.69. The zero-order valence-electron chi connectivity index (χ0n) is 7.90. The van der Waals surface area contributed by atoms with Gasteiger partial charge in [-0.25, -0.2) is 0 Å². The second-order valence-electron chi connectivity index (χ2n) is 1.49. The fourth-order valence-electron chi connectivity index (χ4n) is 0.385. The van der Waals surface area contributed by atoms with Gasteiger partial charge in [0.25, 0.3) is 6.47 Å². The van der Waals surface area contributed by atoms with E-state index >= 15 is 0 Å². The van der Waals surface area contributed by atoms with Crippen molar-refractivity contribution in [2.75, 3.05) is 7.11 Å². The van der Waals surface area contributed by atoms with Crippen molar-refractivity contribution in [3.05, 3.63) is 36.4 Å². The molecule has 0 aliphatic heterocycles. The van der Waals surface area contributed by atoms with Crippen LogP contribution in [0.3, 0.4) is 0 Å². The number of benzene rings is 1. The molecule has 15 heavy (non-hydrogen) atoms. The molecule has 2 nitrogen and oxygen atoms in total. The van der Waals surface area contributed by atoms with Crippen LogP contribution in [-0.4, -0.2) is 13.6 Å². The smallest absolute Gasteiger partial charge is 0.292 e. The van der Waals surface area contributed by atoms with E-state index in [1.807, 2.05) is 36.4 Å². The third-order valence-electron chi connectivity index (χ3n) is 0.763. The van der Waals surface area contributed by atoms with E-state index in [0.29, 0.717) is 6.47 Å². The second kappa shape index (κ2) is 39.5. The minimum atomic E-state index is 0. The fraction of sp³-hybridized carbons (Fsp3) is 0.125. The summed E-state index contributed by atoms with van der Waals surface area (Å²) in [6.07, 6.45) is 0. The van der Waals surface area contributed by atoms with Crippen LogP contribution in [0, 0.1) is 0 Å². The highest BCUT2D eigenvalue weighted by Gasteiger charge is 1.57. The maximum Gasteiger partial charge on any atom is 0.292 e. The van der Waals surface area contributed by atoms with E-state index in [-0.39, 0.29) is 23.5 Å². The van der Waals surface area contributed by atoms with Crippen LogP contribution in [0.15, 0.2) is 36.4 Å². The second-order valence-corrected chi connectivity index (χ2v) is 1.49. The van der Waals surface area contributed by atoms with E-state index in [2.05, 4.69) is 4.74 Å². The van der Waals surface area contributed by atoms with Gasteiger partial charge >= 0.3 is 0 Å². The number of ether oxygens (including phenoxy) is 1. The molecule has 0 aliphatic rings. The standard InChI is InChI=1S/C6H6.C2H4O2.5FH/c1-2-4-6-5-3-1;1-4-2-3;;;;;/h1-6H;2H,1H3;5*1H. The lowest BCUT2D eigenvalue weighted by Crippen LogP contribution is -1.68. The Bertz CT molecular complexity index is 136. The highest BCUT2D eigenvalue weighted by atomic mass is 19.0. The van der Waals surface area contributed by atoms with Gasteiger partial charge in [-0.05, 0) is 0 Å². The molecule has 0 spiro atoms. The van der Waals surface area contributed by atoms with Gasteiger partial charge in [-0.2, -0.15) is 0 Å². The Morgan fingerprint density at radius 1 is 0.733 bits per heavy atom. The van der Waals surface area contributed by atoms with E-state index in [1.165, 1.54) is 7.11 Å². The Hall–Kier alpha value is -1.66. The summed E-state index contributed by atoms with van der Waals surface area (Å²) < 4.78 is 3.86. The van der Waals surface area contributed by atoms with Gasteiger partial charge in [0.1, 0.15) is 0 Å². The van der Waals surface area contributed by atoms with Gasteiger partial charge in [0, 0.05) is 0 Å². The molecule has 94 valence electrons. The molecule has 0 heterocycles. The van der Waals surface area contributed by atoms with Crippen molar-refractivity contribution in [3.63, 3.8) is 0 Å². The predicted octanol–water partition coefficient (Wildman–Crippen LogP) is 2.24. The third-order valence-corrected chi connectivity index (χ3v) is 0.763. The molecule has 0 N–H and O–H groups in total. The minimum absolute atomic E-state index is 0. The van der Waals surface area contributed by atoms with Crippen LogP contribution in [-0.2, 0) is 9.53 Å². The molecule has 0 aromatic heterocycles. The van der Waals surface area contributed by atoms with Crippen molar-refractivity contribution >= 4 is 6.47 Å². The maximum atomic E-state index is 8.95. The molecule has 0 aliphatic carbocycles. The zero-order valence-corrected chi connectivity index (χ0v) is 7.90. The molecular formula is C8H15F5O2. The van der Waals surface area contributed by atoms with Crippen molar-refractivity contribution < 1.29 is 33.1 Å². The highest BCUT2D eigenvalue weighted by molar-refractivity contribution is 5.36. The average Bonchev–Trinajstić information content (AvgIpc) is 2.08. The number of hydrogen-bond acceptors (Lipinski definition) is 2. The zero-order chi connectivity index (χ0) is 7.66. The molecule has 0 saturated carbocycles. The summed E-state index contributed by atoms with van der Waals surface area (Å²) in [5, 5.41) is 0. The van der Waals surface area contributed by atoms with Crippen LogP contribution in [0.4, 0.5) is 23.5 Å². The average molecular weight is 238 g/mol. The Balaban J connectivity index is -0.0000000211. The predicted molar refractivity (Wildman–Crippen MR) is 52.0 cm³/mol. The Morgan fingerprint density at radius 3 is 0.933 bits per heavy atom. The largest absolute Gasteiger partial charge is 0.471 e. The van der Waals surface area contributed by atoms with Gasteiger partial charge < -0.3 is 4.74 Å². The molecule has 7 heteroatoms. The normalized spacial score (nSPS) is 4.60. The third kappa shape index (κ3) is 46.3. The molecule has 0 fully saturated rings. The number of hydrogen-bond donors (Lipinski definition) is 0. The Morgan fingerprint density at radius 2 is 0.867 bits per heavy atom. The summed E-state index contributed by atoms with van der Waals surface area (Å²) >= 11 is 0. The fourth-order valence-corrected chi connectivity index (χ4v) is 0.385. The summed E-state index contributed by atoms with van der Waals surface area (Å²) in [5.74, 6) is 0. The van der Waals surface area contributed by atoms with Crippen molar-refractivity contribution in [2.24, 2.45) is 0 Å². The number of halogens is 5. The maximum absolute atomic E-state index is 8.95. The molecule has 1 aromatic carbocycles. The molecule has 0 amide bonds. The molecule has 1 rings (SSSR count). The number of carbonyl (C=O) groups excluding carboxylic acids is 1. The highest BCUT2D eigenvalue weighted by Crippen LogP contribution is 1.79. The van der Waals surface area contributed by atoms with Crippen LogP contribution in [0.1, 0.15) is 0 Å². The monoisotopic (exact) mass is 238 g/mol. The van der Waals surface area contributed by atoms with E-state index < -0.39 is 0 Å². The first-order valence-corrected chi connectivity index (χ1v) is 2.88. The first kappa shape index (κ1) is 37.7. The van der Waals surface area contributed by atoms with Crippen molar-refractivity contribution in [1.82, 2.24) is 0 Å². The number of methoxy groups -OCH3 is 1. The van der Waals surface area contributed by atoms with Gasteiger partial charge in [0.15, 0.2) is 0 Å². The molecule has 0 radical (unpaired) electrons. The lowest BCUT2D eigenvalue weighted by atomic mass is 10.4. The topological polar surface area (TPSA) is 26.3 Å². The van der Waals surface area contributed by atoms with E-state index in [4.69, 9.17) is 4.79 Å². The first-order valence-electron chi connectivity index (χ1n) is 2.88. The van der Waals surface area contributed by atoms with Crippen LogP contribution in [0.5, 0.6) is 0 Å². The molecular weight excluding hydrogens is 223 g/mol. The van der Waals surface area contributed by atoms with E-state index in [9.17, 15) is 0 Å². The van der Waals surface area contributed by atoms with Crippen LogP contribution in [0.25, 0.3) is 0 Å². The lowest BCUT2D eigenvalue weighted by molar-refractivity contribution is -0.126. The summed E-state index contributed by atoms with van der Waals surface area (Å²) in [7, 11) is 1.31. The molecule has 0 saturated heterocycles. The Kier molecular flexibility index (Phi) is 99.2. The van der Waals surface area contributed by atoms with Crippen molar-refractivity contribution in [1.29, 1.82) is 0 Å². The molecule has 1 aromatic rings. The van der Waals surface area contributed by atoms with E-state index in [1.54, 1.807) is 0 Å². The van der Waals surface area contributed by atoms with Gasteiger partial charge in [-0.3, -0.25) is 28.3 Å². The van der Waals surface area contributed by atoms with E-state index in [0.717, 1.165) is 0 Å². The summed E-state index contributed by atoms with van der Waals surface area (Å²) in [4.78, 5) is 8.95. The Labute approximate surface area is 84.1 Å².